The van der Waals surface area contributed by atoms with Gasteiger partial charge in [0.2, 0.25) is 0 Å². The van der Waals surface area contributed by atoms with Crippen LogP contribution in [0.25, 0.3) is 0 Å². The molecule has 0 amide bonds. The van der Waals surface area contributed by atoms with Crippen molar-refractivity contribution < 1.29 is 13.5 Å². The van der Waals surface area contributed by atoms with E-state index >= 15 is 0 Å². The van der Waals surface area contributed by atoms with Crippen LogP contribution in [0, 0.1) is 13.8 Å². The molecule has 2 rings (SSSR count). The van der Waals surface area contributed by atoms with Crippen molar-refractivity contribution in [1.29, 1.82) is 0 Å². The van der Waals surface area contributed by atoms with E-state index in [0.29, 0.717) is 11.4 Å². The van der Waals surface area contributed by atoms with Gasteiger partial charge < -0.3 is 10.5 Å². The molecule has 1 aliphatic carbocycles. The van der Waals surface area contributed by atoms with Crippen LogP contribution in [0.4, 0.5) is 14.5 Å². The van der Waals surface area contributed by atoms with E-state index in [2.05, 4.69) is 0 Å². The van der Waals surface area contributed by atoms with Gasteiger partial charge in [0.15, 0.2) is 0 Å². The Bertz CT molecular complexity index is 441. The summed E-state index contributed by atoms with van der Waals surface area (Å²) in [5.74, 6) is -2.23. The molecule has 1 aromatic rings. The monoisotopic (exact) mass is 261 g/mol. The van der Waals surface area contributed by atoms with E-state index in [4.69, 9.17) is 22.1 Å². The molecule has 1 aromatic carbocycles. The number of ether oxygens (including phenoxy) is 1. The smallest absolute Gasteiger partial charge is 0.272 e. The third-order valence-corrected chi connectivity index (χ3v) is 3.48. The molecule has 94 valence electrons. The Morgan fingerprint density at radius 2 is 1.82 bits per heavy atom. The van der Waals surface area contributed by atoms with Gasteiger partial charge in [-0.05, 0) is 37.1 Å². The number of aryl methyl sites for hydroxylation is 2. The standard InChI is InChI=1S/C12H14ClF2NO/c1-7-3-9(16)4-8(2)10(7)17-6-11(13)5-12(11,14)15/h3-4H,5-6,16H2,1-2H3. The van der Waals surface area contributed by atoms with E-state index in [-0.39, 0.29) is 13.0 Å². The van der Waals surface area contributed by atoms with E-state index in [9.17, 15) is 8.78 Å². The summed E-state index contributed by atoms with van der Waals surface area (Å²) in [6.45, 7) is 3.46. The summed E-state index contributed by atoms with van der Waals surface area (Å²) in [4.78, 5) is -1.53. The molecule has 1 aliphatic rings. The fourth-order valence-electron chi connectivity index (χ4n) is 1.86. The van der Waals surface area contributed by atoms with Gasteiger partial charge in [0.25, 0.3) is 5.92 Å². The Balaban J connectivity index is 2.11. The lowest BCUT2D eigenvalue weighted by atomic mass is 10.1. The molecule has 0 heterocycles. The summed E-state index contributed by atoms with van der Waals surface area (Å²) in [6, 6.07) is 3.49. The SMILES string of the molecule is Cc1cc(N)cc(C)c1OCC1(Cl)CC1(F)F. The maximum atomic E-state index is 12.9. The molecule has 17 heavy (non-hydrogen) atoms. The highest BCUT2D eigenvalue weighted by molar-refractivity contribution is 6.27. The lowest BCUT2D eigenvalue weighted by Gasteiger charge is -2.15. The Hall–Kier alpha value is -1.03. The summed E-state index contributed by atoms with van der Waals surface area (Å²) in [6.07, 6.45) is -0.325. The molecule has 1 fully saturated rings. The normalized spacial score (nSPS) is 25.7. The molecule has 0 spiro atoms. The number of anilines is 1. The highest BCUT2D eigenvalue weighted by atomic mass is 35.5. The minimum absolute atomic E-state index is 0.187. The van der Waals surface area contributed by atoms with Crippen molar-refractivity contribution in [1.82, 2.24) is 0 Å². The van der Waals surface area contributed by atoms with Gasteiger partial charge in [-0.15, -0.1) is 11.6 Å². The Morgan fingerprint density at radius 3 is 2.24 bits per heavy atom. The number of nitrogens with two attached hydrogens (primary N) is 1. The van der Waals surface area contributed by atoms with Gasteiger partial charge in [0.05, 0.1) is 0 Å². The van der Waals surface area contributed by atoms with Crippen LogP contribution in [-0.4, -0.2) is 17.4 Å². The first-order valence-electron chi connectivity index (χ1n) is 5.31. The van der Waals surface area contributed by atoms with E-state index < -0.39 is 10.8 Å². The lowest BCUT2D eigenvalue weighted by molar-refractivity contribution is 0.0928. The minimum Gasteiger partial charge on any atom is -0.491 e. The summed E-state index contributed by atoms with van der Waals surface area (Å²) < 4.78 is 31.3. The predicted molar refractivity (Wildman–Crippen MR) is 64.0 cm³/mol. The van der Waals surface area contributed by atoms with Crippen molar-refractivity contribution in [2.75, 3.05) is 12.3 Å². The van der Waals surface area contributed by atoms with Crippen LogP contribution in [0.5, 0.6) is 5.75 Å². The van der Waals surface area contributed by atoms with Gasteiger partial charge in [-0.1, -0.05) is 0 Å². The van der Waals surface area contributed by atoms with Gasteiger partial charge in [-0.25, -0.2) is 8.78 Å². The molecule has 0 saturated heterocycles. The topological polar surface area (TPSA) is 35.2 Å². The molecule has 0 radical (unpaired) electrons. The van der Waals surface area contributed by atoms with E-state index in [0.717, 1.165) is 11.1 Å². The first kappa shape index (κ1) is 12.4. The van der Waals surface area contributed by atoms with Crippen LogP contribution in [-0.2, 0) is 0 Å². The molecular formula is C12H14ClF2NO. The van der Waals surface area contributed by atoms with Crippen LogP contribution < -0.4 is 10.5 Å². The number of hydrogen-bond acceptors (Lipinski definition) is 2. The number of alkyl halides is 3. The molecule has 1 atom stereocenters. The van der Waals surface area contributed by atoms with E-state index in [1.807, 2.05) is 13.8 Å². The highest BCUT2D eigenvalue weighted by Crippen LogP contribution is 2.57. The molecule has 2 nitrogen and oxygen atoms in total. The number of rotatable bonds is 3. The largest absolute Gasteiger partial charge is 0.491 e. The highest BCUT2D eigenvalue weighted by Gasteiger charge is 2.71. The first-order chi connectivity index (χ1) is 7.75. The van der Waals surface area contributed by atoms with Crippen LogP contribution in [0.15, 0.2) is 12.1 Å². The van der Waals surface area contributed by atoms with Crippen molar-refractivity contribution in [3.8, 4) is 5.75 Å². The van der Waals surface area contributed by atoms with E-state index in [1.54, 1.807) is 12.1 Å². The number of benzene rings is 1. The maximum Gasteiger partial charge on any atom is 0.272 e. The Labute approximate surface area is 104 Å². The van der Waals surface area contributed by atoms with Crippen molar-refractivity contribution in [2.45, 2.75) is 31.1 Å². The van der Waals surface area contributed by atoms with Gasteiger partial charge in [-0.3, -0.25) is 0 Å². The zero-order valence-electron chi connectivity index (χ0n) is 9.69. The van der Waals surface area contributed by atoms with Crippen molar-refractivity contribution in [3.63, 3.8) is 0 Å². The van der Waals surface area contributed by atoms with Crippen LogP contribution in [0.2, 0.25) is 0 Å². The van der Waals surface area contributed by atoms with Gasteiger partial charge >= 0.3 is 0 Å². The van der Waals surface area contributed by atoms with Crippen molar-refractivity contribution >= 4 is 17.3 Å². The lowest BCUT2D eigenvalue weighted by Crippen LogP contribution is -2.21. The predicted octanol–water partition coefficient (Wildman–Crippen LogP) is 3.28. The number of hydrogen-bond donors (Lipinski definition) is 1. The molecular weight excluding hydrogens is 248 g/mol. The fourth-order valence-corrected chi connectivity index (χ4v) is 2.08. The average Bonchev–Trinajstić information content (AvgIpc) is 2.63. The molecule has 0 bridgehead atoms. The van der Waals surface area contributed by atoms with Crippen molar-refractivity contribution in [3.05, 3.63) is 23.3 Å². The molecule has 5 heteroatoms. The molecule has 0 aliphatic heterocycles. The van der Waals surface area contributed by atoms with Crippen LogP contribution in [0.3, 0.4) is 0 Å². The van der Waals surface area contributed by atoms with Gasteiger partial charge in [-0.2, -0.15) is 0 Å². The third-order valence-electron chi connectivity index (χ3n) is 2.96. The zero-order valence-corrected chi connectivity index (χ0v) is 10.4. The maximum absolute atomic E-state index is 12.9. The quantitative estimate of drug-likeness (QED) is 0.669. The van der Waals surface area contributed by atoms with Crippen LogP contribution in [0.1, 0.15) is 17.5 Å². The zero-order chi connectivity index (χ0) is 12.8. The number of nitrogen functional groups attached to an aromatic ring is 1. The molecule has 1 unspecified atom stereocenters. The first-order valence-corrected chi connectivity index (χ1v) is 5.69. The third kappa shape index (κ3) is 2.18. The van der Waals surface area contributed by atoms with Gasteiger partial charge in [0, 0.05) is 12.1 Å². The second kappa shape index (κ2) is 3.73. The molecule has 0 aromatic heterocycles. The van der Waals surface area contributed by atoms with Crippen molar-refractivity contribution in [2.24, 2.45) is 0 Å². The fraction of sp³-hybridized carbons (Fsp3) is 0.500. The summed E-state index contributed by atoms with van der Waals surface area (Å²) in [5, 5.41) is 0. The summed E-state index contributed by atoms with van der Waals surface area (Å²) in [7, 11) is 0. The van der Waals surface area contributed by atoms with Gasteiger partial charge in [0.1, 0.15) is 17.2 Å². The van der Waals surface area contributed by atoms with Crippen LogP contribution >= 0.6 is 11.6 Å². The minimum atomic E-state index is -2.82. The molecule has 1 saturated carbocycles. The summed E-state index contributed by atoms with van der Waals surface area (Å²) in [5.41, 5.74) is 7.94. The van der Waals surface area contributed by atoms with E-state index in [1.165, 1.54) is 0 Å². The Kier molecular flexibility index (Phi) is 2.73. The second-order valence-electron chi connectivity index (χ2n) is 4.62. The second-order valence-corrected chi connectivity index (χ2v) is 5.34. The average molecular weight is 262 g/mol. The Morgan fingerprint density at radius 1 is 1.35 bits per heavy atom. The molecule has 2 N–H and O–H groups in total. The number of halogens is 3. The summed E-state index contributed by atoms with van der Waals surface area (Å²) >= 11 is 5.72.